The molecule has 3 heteroatoms. The number of rotatable bonds is 0. The lowest BCUT2D eigenvalue weighted by molar-refractivity contribution is -0.250. The first-order valence-corrected chi connectivity index (χ1v) is 4.10. The van der Waals surface area contributed by atoms with Gasteiger partial charge in [0, 0.05) is 12.8 Å². The predicted molar refractivity (Wildman–Crippen MR) is 38.1 cm³/mol. The lowest BCUT2D eigenvalue weighted by Crippen LogP contribution is -2.42. The van der Waals surface area contributed by atoms with Crippen molar-refractivity contribution in [2.75, 3.05) is 13.2 Å². The van der Waals surface area contributed by atoms with Crippen molar-refractivity contribution in [2.45, 2.75) is 31.5 Å². The molecule has 3 nitrogen and oxygen atoms in total. The van der Waals surface area contributed by atoms with Gasteiger partial charge in [0.1, 0.15) is 13.2 Å². The molecule has 0 aromatic rings. The third kappa shape index (κ3) is 1.30. The summed E-state index contributed by atoms with van der Waals surface area (Å²) in [5.74, 6) is -0.309. The van der Waals surface area contributed by atoms with Crippen molar-refractivity contribution in [1.29, 1.82) is 0 Å². The van der Waals surface area contributed by atoms with E-state index in [0.717, 1.165) is 25.7 Å². The summed E-state index contributed by atoms with van der Waals surface area (Å²) in [5.41, 5.74) is 0. The van der Waals surface area contributed by atoms with Crippen LogP contribution in [0.5, 0.6) is 0 Å². The van der Waals surface area contributed by atoms with Gasteiger partial charge in [-0.2, -0.15) is 0 Å². The zero-order chi connectivity index (χ0) is 7.73. The van der Waals surface area contributed by atoms with E-state index in [-0.39, 0.29) is 24.8 Å². The van der Waals surface area contributed by atoms with Crippen molar-refractivity contribution >= 4 is 5.78 Å². The van der Waals surface area contributed by atoms with Crippen LogP contribution in [0.4, 0.5) is 0 Å². The minimum atomic E-state index is -0.367. The molecule has 2 fully saturated rings. The summed E-state index contributed by atoms with van der Waals surface area (Å²) in [5, 5.41) is 0. The number of carbonyl (C=O) groups is 1. The monoisotopic (exact) mass is 156 g/mol. The van der Waals surface area contributed by atoms with Crippen molar-refractivity contribution in [2.24, 2.45) is 0 Å². The van der Waals surface area contributed by atoms with E-state index in [1.54, 1.807) is 0 Å². The van der Waals surface area contributed by atoms with Crippen molar-refractivity contribution in [1.82, 2.24) is 0 Å². The van der Waals surface area contributed by atoms with Crippen LogP contribution in [-0.4, -0.2) is 24.8 Å². The first-order chi connectivity index (χ1) is 5.31. The highest BCUT2D eigenvalue weighted by molar-refractivity contribution is 5.81. The van der Waals surface area contributed by atoms with E-state index in [9.17, 15) is 4.79 Å². The maximum Gasteiger partial charge on any atom is 0.184 e. The second kappa shape index (κ2) is 2.57. The molecule has 11 heavy (non-hydrogen) atoms. The zero-order valence-electron chi connectivity index (χ0n) is 6.47. The van der Waals surface area contributed by atoms with Crippen LogP contribution in [0.15, 0.2) is 0 Å². The average molecular weight is 156 g/mol. The second-order valence-corrected chi connectivity index (χ2v) is 3.23. The van der Waals surface area contributed by atoms with Gasteiger partial charge in [-0.3, -0.25) is 4.79 Å². The Morgan fingerprint density at radius 3 is 2.18 bits per heavy atom. The standard InChI is InChI=1S/C8H12O3/c9-7-5-10-8(11-6-7)3-1-2-4-8/h1-6H2. The van der Waals surface area contributed by atoms with E-state index in [4.69, 9.17) is 9.47 Å². The molecule has 0 unspecified atom stereocenters. The van der Waals surface area contributed by atoms with Gasteiger partial charge < -0.3 is 9.47 Å². The topological polar surface area (TPSA) is 35.5 Å². The molecule has 0 aromatic carbocycles. The molecule has 1 spiro atoms. The SMILES string of the molecule is O=C1COC2(CCCC2)OC1. The first kappa shape index (κ1) is 7.25. The Bertz CT molecular complexity index is 158. The summed E-state index contributed by atoms with van der Waals surface area (Å²) in [4.78, 5) is 10.8. The van der Waals surface area contributed by atoms with E-state index < -0.39 is 0 Å². The Labute approximate surface area is 65.7 Å². The number of carbonyl (C=O) groups excluding carboxylic acids is 1. The van der Waals surface area contributed by atoms with E-state index in [1.165, 1.54) is 0 Å². The third-order valence-electron chi connectivity index (χ3n) is 2.36. The highest BCUT2D eigenvalue weighted by Crippen LogP contribution is 2.35. The molecule has 1 aliphatic carbocycles. The molecule has 1 saturated heterocycles. The Hall–Kier alpha value is -0.410. The Morgan fingerprint density at radius 2 is 1.64 bits per heavy atom. The minimum Gasteiger partial charge on any atom is -0.342 e. The summed E-state index contributed by atoms with van der Waals surface area (Å²) >= 11 is 0. The molecule has 0 N–H and O–H groups in total. The quantitative estimate of drug-likeness (QED) is 0.522. The number of ketones is 1. The fourth-order valence-corrected chi connectivity index (χ4v) is 1.71. The van der Waals surface area contributed by atoms with Gasteiger partial charge in [0.2, 0.25) is 0 Å². The maximum absolute atomic E-state index is 10.8. The van der Waals surface area contributed by atoms with Crippen molar-refractivity contribution < 1.29 is 14.3 Å². The lowest BCUT2D eigenvalue weighted by atomic mass is 10.2. The molecule has 0 radical (unpaired) electrons. The molecule has 2 aliphatic rings. The van der Waals surface area contributed by atoms with E-state index in [1.807, 2.05) is 0 Å². The normalized spacial score (nSPS) is 29.6. The van der Waals surface area contributed by atoms with Crippen LogP contribution < -0.4 is 0 Å². The Morgan fingerprint density at radius 1 is 1.09 bits per heavy atom. The fourth-order valence-electron chi connectivity index (χ4n) is 1.71. The van der Waals surface area contributed by atoms with E-state index in [2.05, 4.69) is 0 Å². The van der Waals surface area contributed by atoms with Crippen LogP contribution in [-0.2, 0) is 14.3 Å². The Balaban J connectivity index is 1.99. The van der Waals surface area contributed by atoms with Crippen LogP contribution in [0.25, 0.3) is 0 Å². The summed E-state index contributed by atoms with van der Waals surface area (Å²) in [7, 11) is 0. The van der Waals surface area contributed by atoms with Gasteiger partial charge in [-0.1, -0.05) is 0 Å². The minimum absolute atomic E-state index is 0.0579. The lowest BCUT2D eigenvalue weighted by Gasteiger charge is -2.32. The smallest absolute Gasteiger partial charge is 0.184 e. The van der Waals surface area contributed by atoms with E-state index >= 15 is 0 Å². The van der Waals surface area contributed by atoms with E-state index in [0.29, 0.717) is 0 Å². The summed E-state index contributed by atoms with van der Waals surface area (Å²) in [6.07, 6.45) is 4.24. The predicted octanol–water partition coefficient (Wildman–Crippen LogP) is 0.873. The molecule has 2 rings (SSSR count). The van der Waals surface area contributed by atoms with Gasteiger partial charge in [-0.05, 0) is 12.8 Å². The fraction of sp³-hybridized carbons (Fsp3) is 0.875. The van der Waals surface area contributed by atoms with Crippen molar-refractivity contribution in [3.8, 4) is 0 Å². The van der Waals surface area contributed by atoms with Crippen LogP contribution in [0.3, 0.4) is 0 Å². The molecule has 1 heterocycles. The number of Topliss-reactive ketones (excluding diaryl/α,β-unsaturated/α-hetero) is 1. The molecule has 0 amide bonds. The summed E-state index contributed by atoms with van der Waals surface area (Å²) in [6, 6.07) is 0. The van der Waals surface area contributed by atoms with Crippen LogP contribution >= 0.6 is 0 Å². The van der Waals surface area contributed by atoms with Gasteiger partial charge in [0.05, 0.1) is 0 Å². The number of ether oxygens (including phenoxy) is 2. The molecule has 1 saturated carbocycles. The maximum atomic E-state index is 10.8. The van der Waals surface area contributed by atoms with Crippen LogP contribution in [0.2, 0.25) is 0 Å². The number of hydrogen-bond acceptors (Lipinski definition) is 3. The van der Waals surface area contributed by atoms with Gasteiger partial charge in [0.25, 0.3) is 0 Å². The summed E-state index contributed by atoms with van der Waals surface area (Å²) < 4.78 is 10.7. The van der Waals surface area contributed by atoms with Crippen LogP contribution in [0, 0.1) is 0 Å². The van der Waals surface area contributed by atoms with Gasteiger partial charge in [-0.25, -0.2) is 0 Å². The van der Waals surface area contributed by atoms with Gasteiger partial charge in [-0.15, -0.1) is 0 Å². The Kier molecular flexibility index (Phi) is 1.69. The third-order valence-corrected chi connectivity index (χ3v) is 2.36. The van der Waals surface area contributed by atoms with Gasteiger partial charge >= 0.3 is 0 Å². The second-order valence-electron chi connectivity index (χ2n) is 3.23. The summed E-state index contributed by atoms with van der Waals surface area (Å²) in [6.45, 7) is 0.500. The zero-order valence-corrected chi connectivity index (χ0v) is 6.47. The molecule has 1 aliphatic heterocycles. The average Bonchev–Trinajstić information content (AvgIpc) is 2.45. The highest BCUT2D eigenvalue weighted by Gasteiger charge is 2.39. The molecular weight excluding hydrogens is 144 g/mol. The van der Waals surface area contributed by atoms with Gasteiger partial charge in [0.15, 0.2) is 11.6 Å². The largest absolute Gasteiger partial charge is 0.342 e. The molecule has 0 aromatic heterocycles. The molecule has 0 bridgehead atoms. The highest BCUT2D eigenvalue weighted by atomic mass is 16.7. The first-order valence-electron chi connectivity index (χ1n) is 4.10. The molecule has 0 atom stereocenters. The molecule has 62 valence electrons. The molecular formula is C8H12O3. The van der Waals surface area contributed by atoms with Crippen molar-refractivity contribution in [3.63, 3.8) is 0 Å². The van der Waals surface area contributed by atoms with Crippen molar-refractivity contribution in [3.05, 3.63) is 0 Å². The van der Waals surface area contributed by atoms with Crippen LogP contribution in [0.1, 0.15) is 25.7 Å². The number of hydrogen-bond donors (Lipinski definition) is 0.